The smallest absolute Gasteiger partial charge is 0.0404 e. The Labute approximate surface area is 113 Å². The lowest BCUT2D eigenvalue weighted by molar-refractivity contribution is 0.378. The van der Waals surface area contributed by atoms with E-state index in [0.717, 1.165) is 10.4 Å². The van der Waals surface area contributed by atoms with Crippen LogP contribution in [0.25, 0.3) is 0 Å². The third kappa shape index (κ3) is 3.46. The molecule has 0 aliphatic carbocycles. The Hall–Kier alpha value is -0.540. The number of anilines is 1. The summed E-state index contributed by atoms with van der Waals surface area (Å²) in [6.07, 6.45) is 2.61. The monoisotopic (exact) mass is 296 g/mol. The average molecular weight is 297 g/mol. The van der Waals surface area contributed by atoms with E-state index in [1.165, 1.54) is 43.7 Å². The zero-order valence-electron chi connectivity index (χ0n) is 10.7. The fourth-order valence-electron chi connectivity index (χ4n) is 2.54. The Kier molecular flexibility index (Phi) is 4.46. The number of rotatable bonds is 3. The maximum absolute atomic E-state index is 3.55. The molecule has 0 atom stereocenters. The van der Waals surface area contributed by atoms with Crippen molar-refractivity contribution in [2.24, 2.45) is 5.92 Å². The first-order valence-corrected chi connectivity index (χ1v) is 7.14. The van der Waals surface area contributed by atoms with Crippen molar-refractivity contribution in [3.63, 3.8) is 0 Å². The molecule has 0 saturated carbocycles. The number of hydrogen-bond acceptors (Lipinski definition) is 2. The molecule has 1 N–H and O–H groups in total. The molecule has 94 valence electrons. The second-order valence-electron chi connectivity index (χ2n) is 5.00. The Morgan fingerprint density at radius 3 is 2.76 bits per heavy atom. The number of nitrogens with one attached hydrogen (secondary N) is 1. The predicted octanol–water partition coefficient (Wildman–Crippen LogP) is 3.19. The third-order valence-electron chi connectivity index (χ3n) is 3.57. The second-order valence-corrected chi connectivity index (χ2v) is 5.92. The van der Waals surface area contributed by atoms with Gasteiger partial charge in [0.25, 0.3) is 0 Å². The fourth-order valence-corrected chi connectivity index (χ4v) is 2.89. The van der Waals surface area contributed by atoms with Gasteiger partial charge in [0, 0.05) is 23.8 Å². The van der Waals surface area contributed by atoms with Gasteiger partial charge in [-0.2, -0.15) is 0 Å². The van der Waals surface area contributed by atoms with Crippen molar-refractivity contribution in [3.8, 4) is 0 Å². The SMILES string of the molecule is Cc1ccc(Br)cc1N(C)CC1CCNCC1. The van der Waals surface area contributed by atoms with E-state index >= 15 is 0 Å². The van der Waals surface area contributed by atoms with E-state index in [0.29, 0.717) is 0 Å². The van der Waals surface area contributed by atoms with Gasteiger partial charge < -0.3 is 10.2 Å². The summed E-state index contributed by atoms with van der Waals surface area (Å²) >= 11 is 3.55. The highest BCUT2D eigenvalue weighted by atomic mass is 79.9. The van der Waals surface area contributed by atoms with Crippen LogP contribution in [0, 0.1) is 12.8 Å². The molecule has 0 unspecified atom stereocenters. The molecule has 1 aliphatic rings. The minimum absolute atomic E-state index is 0.833. The summed E-state index contributed by atoms with van der Waals surface area (Å²) in [4.78, 5) is 2.40. The van der Waals surface area contributed by atoms with Crippen LogP contribution in [0.3, 0.4) is 0 Å². The lowest BCUT2D eigenvalue weighted by Gasteiger charge is -2.29. The average Bonchev–Trinajstić information content (AvgIpc) is 2.33. The quantitative estimate of drug-likeness (QED) is 0.921. The molecule has 0 radical (unpaired) electrons. The van der Waals surface area contributed by atoms with Gasteiger partial charge >= 0.3 is 0 Å². The third-order valence-corrected chi connectivity index (χ3v) is 4.07. The molecule has 1 heterocycles. The van der Waals surface area contributed by atoms with Crippen LogP contribution in [0.1, 0.15) is 18.4 Å². The Balaban J connectivity index is 2.02. The molecule has 2 rings (SSSR count). The first-order chi connectivity index (χ1) is 8.16. The maximum atomic E-state index is 3.55. The van der Waals surface area contributed by atoms with Gasteiger partial charge in [-0.3, -0.25) is 0 Å². The van der Waals surface area contributed by atoms with Crippen LogP contribution < -0.4 is 10.2 Å². The van der Waals surface area contributed by atoms with Crippen LogP contribution in [0.4, 0.5) is 5.69 Å². The summed E-state index contributed by atoms with van der Waals surface area (Å²) in [6.45, 7) is 5.70. The molecule has 17 heavy (non-hydrogen) atoms. The largest absolute Gasteiger partial charge is 0.374 e. The summed E-state index contributed by atoms with van der Waals surface area (Å²) in [5, 5.41) is 3.42. The molecule has 0 spiro atoms. The highest BCUT2D eigenvalue weighted by molar-refractivity contribution is 9.10. The molecule has 0 amide bonds. The minimum atomic E-state index is 0.833. The molecule has 1 aliphatic heterocycles. The number of benzene rings is 1. The molecule has 1 aromatic carbocycles. The van der Waals surface area contributed by atoms with Gasteiger partial charge in [-0.1, -0.05) is 22.0 Å². The van der Waals surface area contributed by atoms with Crippen molar-refractivity contribution in [1.29, 1.82) is 0 Å². The van der Waals surface area contributed by atoms with Crippen molar-refractivity contribution in [3.05, 3.63) is 28.2 Å². The zero-order chi connectivity index (χ0) is 12.3. The molecule has 1 saturated heterocycles. The van der Waals surface area contributed by atoms with Gasteiger partial charge in [0.1, 0.15) is 0 Å². The standard InChI is InChI=1S/C14H21BrN2/c1-11-3-4-13(15)9-14(11)17(2)10-12-5-7-16-8-6-12/h3-4,9,12,16H,5-8,10H2,1-2H3. The van der Waals surface area contributed by atoms with E-state index in [4.69, 9.17) is 0 Å². The summed E-state index contributed by atoms with van der Waals surface area (Å²) in [5.74, 6) is 0.833. The van der Waals surface area contributed by atoms with Crippen molar-refractivity contribution in [2.45, 2.75) is 19.8 Å². The summed E-state index contributed by atoms with van der Waals surface area (Å²) in [5.41, 5.74) is 2.70. The minimum Gasteiger partial charge on any atom is -0.374 e. The number of hydrogen-bond donors (Lipinski definition) is 1. The van der Waals surface area contributed by atoms with Crippen molar-refractivity contribution < 1.29 is 0 Å². The zero-order valence-corrected chi connectivity index (χ0v) is 12.3. The van der Waals surface area contributed by atoms with Gasteiger partial charge in [-0.25, -0.2) is 0 Å². The molecule has 3 heteroatoms. The van der Waals surface area contributed by atoms with Crippen LogP contribution >= 0.6 is 15.9 Å². The van der Waals surface area contributed by atoms with Crippen LogP contribution in [0.2, 0.25) is 0 Å². The van der Waals surface area contributed by atoms with Crippen molar-refractivity contribution in [2.75, 3.05) is 31.6 Å². The van der Waals surface area contributed by atoms with Crippen LogP contribution in [0.15, 0.2) is 22.7 Å². The Bertz CT molecular complexity index is 372. The highest BCUT2D eigenvalue weighted by Crippen LogP contribution is 2.25. The molecule has 0 bridgehead atoms. The van der Waals surface area contributed by atoms with E-state index < -0.39 is 0 Å². The first-order valence-electron chi connectivity index (χ1n) is 6.35. The highest BCUT2D eigenvalue weighted by Gasteiger charge is 2.16. The van der Waals surface area contributed by atoms with Gasteiger partial charge in [-0.05, 0) is 56.5 Å². The van der Waals surface area contributed by atoms with E-state index in [-0.39, 0.29) is 0 Å². The second kappa shape index (κ2) is 5.87. The molecular formula is C14H21BrN2. The van der Waals surface area contributed by atoms with Crippen molar-refractivity contribution in [1.82, 2.24) is 5.32 Å². The lowest BCUT2D eigenvalue weighted by Crippen LogP contribution is -2.34. The summed E-state index contributed by atoms with van der Waals surface area (Å²) in [6, 6.07) is 6.51. The van der Waals surface area contributed by atoms with Crippen LogP contribution in [-0.2, 0) is 0 Å². The number of nitrogens with zero attached hydrogens (tertiary/aromatic N) is 1. The van der Waals surface area contributed by atoms with E-state index in [1.54, 1.807) is 0 Å². The first kappa shape index (κ1) is 12.9. The van der Waals surface area contributed by atoms with Gasteiger partial charge in [0.05, 0.1) is 0 Å². The molecule has 0 aromatic heterocycles. The molecule has 1 aromatic rings. The van der Waals surface area contributed by atoms with Crippen molar-refractivity contribution >= 4 is 21.6 Å². The lowest BCUT2D eigenvalue weighted by atomic mass is 9.97. The molecule has 2 nitrogen and oxygen atoms in total. The van der Waals surface area contributed by atoms with E-state index in [1.807, 2.05) is 0 Å². The number of aryl methyl sites for hydroxylation is 1. The number of piperidine rings is 1. The summed E-state index contributed by atoms with van der Waals surface area (Å²) < 4.78 is 1.16. The topological polar surface area (TPSA) is 15.3 Å². The fraction of sp³-hybridized carbons (Fsp3) is 0.571. The van der Waals surface area contributed by atoms with Crippen LogP contribution in [-0.4, -0.2) is 26.7 Å². The number of halogens is 1. The maximum Gasteiger partial charge on any atom is 0.0404 e. The Morgan fingerprint density at radius 2 is 2.06 bits per heavy atom. The van der Waals surface area contributed by atoms with Crippen LogP contribution in [0.5, 0.6) is 0 Å². The van der Waals surface area contributed by atoms with E-state index in [2.05, 4.69) is 58.3 Å². The van der Waals surface area contributed by atoms with Gasteiger partial charge in [0.15, 0.2) is 0 Å². The van der Waals surface area contributed by atoms with Gasteiger partial charge in [-0.15, -0.1) is 0 Å². The summed E-state index contributed by atoms with van der Waals surface area (Å²) in [7, 11) is 2.21. The normalized spacial score (nSPS) is 17.1. The van der Waals surface area contributed by atoms with E-state index in [9.17, 15) is 0 Å². The Morgan fingerprint density at radius 1 is 1.35 bits per heavy atom. The molecule has 1 fully saturated rings. The predicted molar refractivity (Wildman–Crippen MR) is 77.7 cm³/mol. The molecular weight excluding hydrogens is 276 g/mol. The van der Waals surface area contributed by atoms with Gasteiger partial charge in [0.2, 0.25) is 0 Å².